The van der Waals surface area contributed by atoms with Crippen LogP contribution in [0.15, 0.2) is 23.1 Å². The van der Waals surface area contributed by atoms with Gasteiger partial charge < -0.3 is 14.4 Å². The third kappa shape index (κ3) is 3.53. The normalized spacial score (nSPS) is 13.6. The Morgan fingerprint density at radius 2 is 1.93 bits per heavy atom. The SMILES string of the molecule is CC(C)(C)Oc1ccc(S(=O)O)c(O)c1. The first-order valence-corrected chi connectivity index (χ1v) is 5.53. The van der Waals surface area contributed by atoms with Gasteiger partial charge in [0, 0.05) is 6.07 Å². The molecule has 0 aliphatic carbocycles. The van der Waals surface area contributed by atoms with Gasteiger partial charge in [-0.2, -0.15) is 0 Å². The molecule has 15 heavy (non-hydrogen) atoms. The predicted octanol–water partition coefficient (Wildman–Crippen LogP) is 2.15. The average molecular weight is 230 g/mol. The second kappa shape index (κ2) is 4.20. The Morgan fingerprint density at radius 1 is 1.33 bits per heavy atom. The van der Waals surface area contributed by atoms with Gasteiger partial charge in [0.1, 0.15) is 22.0 Å². The number of hydrogen-bond donors (Lipinski definition) is 2. The van der Waals surface area contributed by atoms with E-state index in [1.807, 2.05) is 20.8 Å². The molecule has 0 saturated carbocycles. The van der Waals surface area contributed by atoms with Crippen LogP contribution in [0.3, 0.4) is 0 Å². The zero-order chi connectivity index (χ0) is 11.6. The molecule has 0 amide bonds. The lowest BCUT2D eigenvalue weighted by Gasteiger charge is -2.21. The first-order valence-electron chi connectivity index (χ1n) is 4.42. The van der Waals surface area contributed by atoms with Gasteiger partial charge in [-0.1, -0.05) is 0 Å². The molecule has 0 aliphatic heterocycles. The van der Waals surface area contributed by atoms with Crippen LogP contribution in [-0.2, 0) is 11.1 Å². The summed E-state index contributed by atoms with van der Waals surface area (Å²) in [5.74, 6) is 0.229. The standard InChI is InChI=1S/C10H14O4S/c1-10(2,3)14-7-4-5-9(15(12)13)8(11)6-7/h4-6,11H,1-3H3,(H,12,13). The van der Waals surface area contributed by atoms with Gasteiger partial charge in [0.05, 0.1) is 0 Å². The van der Waals surface area contributed by atoms with Gasteiger partial charge in [0.15, 0.2) is 11.1 Å². The van der Waals surface area contributed by atoms with Crippen LogP contribution in [0.5, 0.6) is 11.5 Å². The molecule has 0 saturated heterocycles. The maximum Gasteiger partial charge on any atom is 0.190 e. The summed E-state index contributed by atoms with van der Waals surface area (Å²) < 4.78 is 25.0. The van der Waals surface area contributed by atoms with Gasteiger partial charge in [0.25, 0.3) is 0 Å². The summed E-state index contributed by atoms with van der Waals surface area (Å²) in [6, 6.07) is 4.25. The van der Waals surface area contributed by atoms with Crippen molar-refractivity contribution in [2.75, 3.05) is 0 Å². The van der Waals surface area contributed by atoms with E-state index in [4.69, 9.17) is 9.29 Å². The van der Waals surface area contributed by atoms with E-state index >= 15 is 0 Å². The number of benzene rings is 1. The van der Waals surface area contributed by atoms with E-state index in [0.717, 1.165) is 0 Å². The second-order valence-electron chi connectivity index (χ2n) is 4.09. The summed E-state index contributed by atoms with van der Waals surface area (Å²) in [6.45, 7) is 5.63. The third-order valence-electron chi connectivity index (χ3n) is 1.54. The summed E-state index contributed by atoms with van der Waals surface area (Å²) in [6.07, 6.45) is 0. The first-order chi connectivity index (χ1) is 6.79. The van der Waals surface area contributed by atoms with Crippen molar-refractivity contribution in [1.29, 1.82) is 0 Å². The number of ether oxygens (including phenoxy) is 1. The molecule has 1 aromatic carbocycles. The zero-order valence-electron chi connectivity index (χ0n) is 8.85. The molecule has 84 valence electrons. The van der Waals surface area contributed by atoms with Gasteiger partial charge in [0.2, 0.25) is 0 Å². The first kappa shape index (κ1) is 12.0. The van der Waals surface area contributed by atoms with E-state index in [2.05, 4.69) is 0 Å². The minimum absolute atomic E-state index is 0.0174. The van der Waals surface area contributed by atoms with Crippen molar-refractivity contribution in [2.24, 2.45) is 0 Å². The number of phenolic OH excluding ortho intramolecular Hbond substituents is 1. The minimum Gasteiger partial charge on any atom is -0.506 e. The fourth-order valence-electron chi connectivity index (χ4n) is 1.06. The molecule has 4 nitrogen and oxygen atoms in total. The van der Waals surface area contributed by atoms with Crippen LogP contribution in [0.4, 0.5) is 0 Å². The van der Waals surface area contributed by atoms with Crippen LogP contribution in [0.25, 0.3) is 0 Å². The van der Waals surface area contributed by atoms with Gasteiger partial charge in [-0.25, -0.2) is 4.21 Å². The van der Waals surface area contributed by atoms with Gasteiger partial charge >= 0.3 is 0 Å². The summed E-state index contributed by atoms with van der Waals surface area (Å²) in [5, 5.41) is 9.43. The Hall–Kier alpha value is -1.07. The molecule has 0 heterocycles. The molecule has 1 atom stereocenters. The van der Waals surface area contributed by atoms with Crippen molar-refractivity contribution in [1.82, 2.24) is 0 Å². The fraction of sp³-hybridized carbons (Fsp3) is 0.400. The Balaban J connectivity index is 2.97. The van der Waals surface area contributed by atoms with Crippen molar-refractivity contribution in [3.63, 3.8) is 0 Å². The smallest absolute Gasteiger partial charge is 0.190 e. The highest BCUT2D eigenvalue weighted by molar-refractivity contribution is 7.79. The monoisotopic (exact) mass is 230 g/mol. The molecule has 1 unspecified atom stereocenters. The van der Waals surface area contributed by atoms with Crippen LogP contribution in [0.2, 0.25) is 0 Å². The molecule has 0 radical (unpaired) electrons. The summed E-state index contributed by atoms with van der Waals surface area (Å²) >= 11 is -2.18. The Bertz CT molecular complexity index is 381. The molecule has 1 aromatic rings. The predicted molar refractivity (Wildman–Crippen MR) is 57.5 cm³/mol. The van der Waals surface area contributed by atoms with Crippen molar-refractivity contribution in [3.8, 4) is 11.5 Å². The Morgan fingerprint density at radius 3 is 2.33 bits per heavy atom. The van der Waals surface area contributed by atoms with E-state index in [9.17, 15) is 9.32 Å². The zero-order valence-corrected chi connectivity index (χ0v) is 9.67. The maximum atomic E-state index is 10.7. The number of rotatable bonds is 2. The maximum absolute atomic E-state index is 10.7. The Labute approximate surface area is 91.2 Å². The van der Waals surface area contributed by atoms with Gasteiger partial charge in [-0.05, 0) is 32.9 Å². The van der Waals surface area contributed by atoms with E-state index in [1.165, 1.54) is 12.1 Å². The van der Waals surface area contributed by atoms with Crippen LogP contribution in [-0.4, -0.2) is 19.5 Å². The van der Waals surface area contributed by atoms with E-state index in [1.54, 1.807) is 6.07 Å². The van der Waals surface area contributed by atoms with Crippen molar-refractivity contribution < 1.29 is 18.6 Å². The summed E-state index contributed by atoms with van der Waals surface area (Å²) in [7, 11) is 0. The Kier molecular flexibility index (Phi) is 3.36. The van der Waals surface area contributed by atoms with Crippen LogP contribution in [0.1, 0.15) is 20.8 Å². The van der Waals surface area contributed by atoms with Crippen molar-refractivity contribution in [2.45, 2.75) is 31.3 Å². The van der Waals surface area contributed by atoms with Crippen molar-refractivity contribution in [3.05, 3.63) is 18.2 Å². The van der Waals surface area contributed by atoms with E-state index < -0.39 is 11.1 Å². The largest absolute Gasteiger partial charge is 0.506 e. The van der Waals surface area contributed by atoms with E-state index in [-0.39, 0.29) is 16.2 Å². The number of hydrogen-bond acceptors (Lipinski definition) is 3. The molecular weight excluding hydrogens is 216 g/mol. The molecule has 2 N–H and O–H groups in total. The highest BCUT2D eigenvalue weighted by Crippen LogP contribution is 2.27. The average Bonchev–Trinajstić information content (AvgIpc) is 1.99. The van der Waals surface area contributed by atoms with Gasteiger partial charge in [-0.3, -0.25) is 0 Å². The highest BCUT2D eigenvalue weighted by atomic mass is 32.2. The molecule has 0 spiro atoms. The van der Waals surface area contributed by atoms with Crippen LogP contribution < -0.4 is 4.74 Å². The topological polar surface area (TPSA) is 66.8 Å². The quantitative estimate of drug-likeness (QED) is 0.764. The number of phenols is 1. The molecule has 0 aromatic heterocycles. The van der Waals surface area contributed by atoms with Crippen LogP contribution in [0, 0.1) is 0 Å². The van der Waals surface area contributed by atoms with Gasteiger partial charge in [-0.15, -0.1) is 0 Å². The molecule has 0 fully saturated rings. The lowest BCUT2D eigenvalue weighted by Crippen LogP contribution is -2.22. The molecule has 0 aliphatic rings. The van der Waals surface area contributed by atoms with E-state index in [0.29, 0.717) is 5.75 Å². The minimum atomic E-state index is -2.18. The van der Waals surface area contributed by atoms with Crippen LogP contribution >= 0.6 is 0 Å². The lowest BCUT2D eigenvalue weighted by atomic mass is 10.2. The molecular formula is C10H14O4S. The molecule has 0 bridgehead atoms. The lowest BCUT2D eigenvalue weighted by molar-refractivity contribution is 0.130. The summed E-state index contributed by atoms with van der Waals surface area (Å²) in [4.78, 5) is -0.0174. The summed E-state index contributed by atoms with van der Waals surface area (Å²) in [5.41, 5.74) is -0.369. The highest BCUT2D eigenvalue weighted by Gasteiger charge is 2.14. The second-order valence-corrected chi connectivity index (χ2v) is 5.03. The molecule has 5 heteroatoms. The molecule has 1 rings (SSSR count). The number of aromatic hydroxyl groups is 1. The fourth-order valence-corrected chi connectivity index (χ4v) is 1.48. The van der Waals surface area contributed by atoms with Crippen molar-refractivity contribution >= 4 is 11.1 Å². The third-order valence-corrected chi connectivity index (χ3v) is 2.26.